The maximum atomic E-state index is 12.7. The smallest absolute Gasteiger partial charge is 0.127 e. The van der Waals surface area contributed by atoms with Crippen LogP contribution in [0, 0.1) is 0 Å². The first-order chi connectivity index (χ1) is 29.9. The van der Waals surface area contributed by atoms with E-state index in [1.807, 2.05) is 12.1 Å². The van der Waals surface area contributed by atoms with Gasteiger partial charge in [0, 0.05) is 25.7 Å². The van der Waals surface area contributed by atoms with Gasteiger partial charge < -0.3 is 19.7 Å². The van der Waals surface area contributed by atoms with Gasteiger partial charge in [-0.3, -0.25) is 0 Å². The topological polar surface area (TPSA) is 58.9 Å². The van der Waals surface area contributed by atoms with E-state index in [0.717, 1.165) is 78.3 Å². The van der Waals surface area contributed by atoms with Crippen LogP contribution in [0.1, 0.15) is 187 Å². The molecule has 4 nitrogen and oxygen atoms in total. The Morgan fingerprint density at radius 2 is 0.578 bits per heavy atom. The third kappa shape index (κ3) is 10.2. The Hall–Kier alpha value is -5.48. The summed E-state index contributed by atoms with van der Waals surface area (Å²) in [6, 6.07) is 38.7. The molecule has 0 radical (unpaired) electrons. The van der Waals surface area contributed by atoms with E-state index in [1.165, 1.54) is 11.1 Å². The number of phenolic OH excluding ortho intramolecular Hbond substituents is 2. The summed E-state index contributed by atoms with van der Waals surface area (Å²) < 4.78 is 14.4. The molecule has 6 aromatic rings. The fraction of sp³-hybridized carbons (Fsp3) is 0.400. The molecule has 336 valence electrons. The number of benzene rings is 6. The zero-order chi connectivity index (χ0) is 46.5. The molecule has 2 N–H and O–H groups in total. The summed E-state index contributed by atoms with van der Waals surface area (Å²) in [6.45, 7) is 31.2. The van der Waals surface area contributed by atoms with Gasteiger partial charge in [-0.15, -0.1) is 0 Å². The number of hydrogen-bond acceptors (Lipinski definition) is 4. The third-order valence-corrected chi connectivity index (χ3v) is 13.1. The van der Waals surface area contributed by atoms with Crippen LogP contribution in [0.4, 0.5) is 0 Å². The minimum atomic E-state index is -0.251. The van der Waals surface area contributed by atoms with Crippen LogP contribution in [-0.2, 0) is 47.3 Å². The first-order valence-corrected chi connectivity index (χ1v) is 23.3. The maximum Gasteiger partial charge on any atom is 0.127 e. The lowest BCUT2D eigenvalue weighted by Crippen LogP contribution is -2.17. The van der Waals surface area contributed by atoms with Gasteiger partial charge in [-0.25, -0.2) is 0 Å². The second-order valence-electron chi connectivity index (χ2n) is 22.6. The quantitative estimate of drug-likeness (QED) is 0.175. The van der Waals surface area contributed by atoms with Crippen LogP contribution >= 0.6 is 0 Å². The standard InChI is InChI=1S/C60H72O4/c1-37(39-21-17-15-18-22-39)63-55-45-25-41-29-49(57(3,4)5)31-43(53(41)61)27-47-35-52(60(12,13)14)36-48(56(47)64-38(2)40-23-19-16-20-24-40)28-44-32-50(58(6,7)8)30-42(54(44)62)26-46(55)34-51(33-45)59(9,10)11/h15-24,29-38,61-62H,25-28H2,1-14H3/t37-,38-/m0/s1. The van der Waals surface area contributed by atoms with Crippen molar-refractivity contribution in [3.05, 3.63) is 187 Å². The molecule has 0 aliphatic heterocycles. The molecule has 4 heteroatoms. The van der Waals surface area contributed by atoms with Gasteiger partial charge >= 0.3 is 0 Å². The van der Waals surface area contributed by atoms with E-state index in [2.05, 4.69) is 194 Å². The molecule has 6 aromatic carbocycles. The lowest BCUT2D eigenvalue weighted by Gasteiger charge is -2.29. The van der Waals surface area contributed by atoms with Crippen LogP contribution in [0.25, 0.3) is 0 Å². The zero-order valence-electron chi connectivity index (χ0n) is 41.1. The van der Waals surface area contributed by atoms with Crippen LogP contribution in [0.3, 0.4) is 0 Å². The molecule has 0 amide bonds. The predicted octanol–water partition coefficient (Wildman–Crippen LogP) is 15.2. The van der Waals surface area contributed by atoms with E-state index in [-0.39, 0.29) is 33.9 Å². The molecule has 2 atom stereocenters. The summed E-state index contributed by atoms with van der Waals surface area (Å²) >= 11 is 0. The van der Waals surface area contributed by atoms with Crippen molar-refractivity contribution in [2.75, 3.05) is 0 Å². The van der Waals surface area contributed by atoms with E-state index in [0.29, 0.717) is 37.2 Å². The van der Waals surface area contributed by atoms with Gasteiger partial charge in [0.05, 0.1) is 0 Å². The van der Waals surface area contributed by atoms with E-state index < -0.39 is 0 Å². The molecule has 8 bridgehead atoms. The molecule has 64 heavy (non-hydrogen) atoms. The van der Waals surface area contributed by atoms with Crippen molar-refractivity contribution in [3.8, 4) is 23.0 Å². The lowest BCUT2D eigenvalue weighted by molar-refractivity contribution is 0.222. The largest absolute Gasteiger partial charge is 0.507 e. The number of ether oxygens (including phenoxy) is 2. The first-order valence-electron chi connectivity index (χ1n) is 23.3. The van der Waals surface area contributed by atoms with E-state index in [4.69, 9.17) is 9.47 Å². The summed E-state index contributed by atoms with van der Waals surface area (Å²) in [7, 11) is 0. The molecular weight excluding hydrogens is 785 g/mol. The Morgan fingerprint density at radius 1 is 0.359 bits per heavy atom. The Morgan fingerprint density at radius 3 is 0.797 bits per heavy atom. The van der Waals surface area contributed by atoms with Crippen molar-refractivity contribution in [1.29, 1.82) is 0 Å². The van der Waals surface area contributed by atoms with Gasteiger partial charge in [0.1, 0.15) is 35.2 Å². The van der Waals surface area contributed by atoms with Gasteiger partial charge in [-0.2, -0.15) is 0 Å². The highest BCUT2D eigenvalue weighted by Gasteiger charge is 2.29. The van der Waals surface area contributed by atoms with Crippen molar-refractivity contribution in [2.24, 2.45) is 0 Å². The SMILES string of the molecule is C[C@H](Oc1c2cc(C(C)(C)C)cc1Cc1cc(C(C)(C)C)cc(c1O)Cc1cc(C(C)(C)C)cc(c1O[C@@H](C)c1ccccc1)Cc1cc(C(C)(C)C)cc(c1O)C2)c1ccccc1. The van der Waals surface area contributed by atoms with Crippen molar-refractivity contribution in [3.63, 3.8) is 0 Å². The molecule has 0 aromatic heterocycles. The summed E-state index contributed by atoms with van der Waals surface area (Å²) in [5.41, 5.74) is 13.5. The van der Waals surface area contributed by atoms with Crippen molar-refractivity contribution < 1.29 is 19.7 Å². The molecule has 7 rings (SSSR count). The highest BCUT2D eigenvalue weighted by atomic mass is 16.5. The normalized spacial score (nSPS) is 14.5. The molecule has 0 spiro atoms. The lowest BCUT2D eigenvalue weighted by atomic mass is 9.79. The monoisotopic (exact) mass is 857 g/mol. The number of fused-ring (bicyclic) bond motifs is 8. The highest BCUT2D eigenvalue weighted by Crippen LogP contribution is 2.45. The minimum absolute atomic E-state index is 0.185. The average molecular weight is 857 g/mol. The number of phenols is 2. The van der Waals surface area contributed by atoms with Gasteiger partial charge in [0.15, 0.2) is 0 Å². The van der Waals surface area contributed by atoms with Crippen molar-refractivity contribution in [2.45, 2.75) is 156 Å². The summed E-state index contributed by atoms with van der Waals surface area (Å²) in [6.07, 6.45) is 1.32. The van der Waals surface area contributed by atoms with Gasteiger partial charge in [0.2, 0.25) is 0 Å². The average Bonchev–Trinajstić information content (AvgIpc) is 3.21. The van der Waals surface area contributed by atoms with Crippen LogP contribution in [-0.4, -0.2) is 10.2 Å². The van der Waals surface area contributed by atoms with Crippen LogP contribution < -0.4 is 9.47 Å². The molecule has 0 heterocycles. The van der Waals surface area contributed by atoms with Crippen molar-refractivity contribution >= 4 is 0 Å². The molecule has 0 unspecified atom stereocenters. The first kappa shape index (κ1) is 46.5. The Balaban J connectivity index is 1.58. The molecule has 1 aliphatic carbocycles. The van der Waals surface area contributed by atoms with Gasteiger partial charge in [-0.1, -0.05) is 192 Å². The van der Waals surface area contributed by atoms with Gasteiger partial charge in [0.25, 0.3) is 0 Å². The molecule has 0 saturated heterocycles. The molecular formula is C60H72O4. The summed E-state index contributed by atoms with van der Waals surface area (Å²) in [5, 5.41) is 25.4. The minimum Gasteiger partial charge on any atom is -0.507 e. The predicted molar refractivity (Wildman–Crippen MR) is 266 cm³/mol. The van der Waals surface area contributed by atoms with Gasteiger partial charge in [-0.05, 0) is 113 Å². The van der Waals surface area contributed by atoms with E-state index >= 15 is 0 Å². The Bertz CT molecular complexity index is 2340. The van der Waals surface area contributed by atoms with Crippen LogP contribution in [0.5, 0.6) is 23.0 Å². The number of hydrogen-bond donors (Lipinski definition) is 2. The number of rotatable bonds is 6. The fourth-order valence-corrected chi connectivity index (χ4v) is 8.89. The zero-order valence-corrected chi connectivity index (χ0v) is 41.1. The Kier molecular flexibility index (Phi) is 12.7. The molecule has 0 fully saturated rings. The second kappa shape index (κ2) is 17.5. The molecule has 1 aliphatic rings. The number of aromatic hydroxyl groups is 2. The fourth-order valence-electron chi connectivity index (χ4n) is 8.89. The molecule has 0 saturated carbocycles. The highest BCUT2D eigenvalue weighted by molar-refractivity contribution is 5.59. The summed E-state index contributed by atoms with van der Waals surface area (Å²) in [4.78, 5) is 0. The maximum absolute atomic E-state index is 12.7. The van der Waals surface area contributed by atoms with Crippen LogP contribution in [0.2, 0.25) is 0 Å². The van der Waals surface area contributed by atoms with Crippen molar-refractivity contribution in [1.82, 2.24) is 0 Å². The van der Waals surface area contributed by atoms with E-state index in [1.54, 1.807) is 0 Å². The second-order valence-corrected chi connectivity index (χ2v) is 22.6. The summed E-state index contributed by atoms with van der Waals surface area (Å²) in [5.74, 6) is 2.19. The van der Waals surface area contributed by atoms with Crippen LogP contribution in [0.15, 0.2) is 109 Å². The third-order valence-electron chi connectivity index (χ3n) is 13.1. The Labute approximate surface area is 384 Å². The van der Waals surface area contributed by atoms with E-state index in [9.17, 15) is 10.2 Å².